The Morgan fingerprint density at radius 3 is 2.17 bits per heavy atom. The number of aliphatic hydroxyl groups is 1. The quantitative estimate of drug-likeness (QED) is 0.857. The molecule has 1 N–H and O–H groups in total. The van der Waals surface area contributed by atoms with E-state index in [4.69, 9.17) is 4.74 Å². The van der Waals surface area contributed by atoms with E-state index in [1.54, 1.807) is 6.92 Å². The normalized spacial score (nSPS) is 19.4. The van der Waals surface area contributed by atoms with E-state index in [-0.39, 0.29) is 6.10 Å². The summed E-state index contributed by atoms with van der Waals surface area (Å²) in [5.74, 6) is -1.21. The Hall–Kier alpha value is -1.68. The molecule has 3 nitrogen and oxygen atoms in total. The highest BCUT2D eigenvalue weighted by molar-refractivity contribution is 5.19. The Morgan fingerprint density at radius 2 is 1.57 bits per heavy atom. The Kier molecular flexibility index (Phi) is 5.11. The van der Waals surface area contributed by atoms with Gasteiger partial charge in [0.05, 0.1) is 6.10 Å². The minimum absolute atomic E-state index is 0.109. The summed E-state index contributed by atoms with van der Waals surface area (Å²) >= 11 is 0. The van der Waals surface area contributed by atoms with E-state index in [1.165, 1.54) is 5.56 Å². The van der Waals surface area contributed by atoms with Crippen molar-refractivity contribution in [3.05, 3.63) is 71.8 Å². The van der Waals surface area contributed by atoms with Crippen LogP contribution in [0.1, 0.15) is 30.9 Å². The minimum atomic E-state index is -1.21. The first-order chi connectivity index (χ1) is 11.1. The fourth-order valence-corrected chi connectivity index (χ4v) is 3.17. The summed E-state index contributed by atoms with van der Waals surface area (Å²) in [6.07, 6.45) is 2.02. The van der Waals surface area contributed by atoms with Crippen molar-refractivity contribution >= 4 is 0 Å². The lowest BCUT2D eigenvalue weighted by Crippen LogP contribution is -2.40. The van der Waals surface area contributed by atoms with Crippen LogP contribution in [0.5, 0.6) is 0 Å². The molecule has 0 amide bonds. The van der Waals surface area contributed by atoms with E-state index in [0.717, 1.165) is 38.0 Å². The summed E-state index contributed by atoms with van der Waals surface area (Å²) in [7, 11) is 0. The number of benzene rings is 2. The maximum atomic E-state index is 10.6. The van der Waals surface area contributed by atoms with E-state index in [9.17, 15) is 5.11 Å². The van der Waals surface area contributed by atoms with Crippen molar-refractivity contribution in [3.63, 3.8) is 0 Å². The molecule has 1 heterocycles. The smallest absolute Gasteiger partial charge is 0.189 e. The van der Waals surface area contributed by atoms with Crippen molar-refractivity contribution < 1.29 is 9.84 Å². The molecule has 3 rings (SSSR count). The molecular weight excluding hydrogens is 286 g/mol. The van der Waals surface area contributed by atoms with Gasteiger partial charge >= 0.3 is 0 Å². The van der Waals surface area contributed by atoms with Crippen LogP contribution in [0, 0.1) is 0 Å². The van der Waals surface area contributed by atoms with Gasteiger partial charge in [0.25, 0.3) is 0 Å². The van der Waals surface area contributed by atoms with E-state index in [2.05, 4.69) is 35.2 Å². The van der Waals surface area contributed by atoms with Crippen LogP contribution in [0.2, 0.25) is 0 Å². The highest BCUT2D eigenvalue weighted by Gasteiger charge is 2.30. The third-order valence-electron chi connectivity index (χ3n) is 4.49. The fourth-order valence-electron chi connectivity index (χ4n) is 3.17. The highest BCUT2D eigenvalue weighted by atomic mass is 16.6. The number of piperidine rings is 1. The van der Waals surface area contributed by atoms with Crippen molar-refractivity contribution in [2.24, 2.45) is 0 Å². The van der Waals surface area contributed by atoms with Gasteiger partial charge in [-0.2, -0.15) is 0 Å². The maximum Gasteiger partial charge on any atom is 0.189 e. The second-order valence-electron chi connectivity index (χ2n) is 6.43. The molecular formula is C20H25NO2. The molecule has 0 aromatic heterocycles. The lowest BCUT2D eigenvalue weighted by molar-refractivity contribution is -0.233. The number of nitrogens with zero attached hydrogens (tertiary/aromatic N) is 1. The highest BCUT2D eigenvalue weighted by Crippen LogP contribution is 2.27. The zero-order chi connectivity index (χ0) is 16.1. The summed E-state index contributed by atoms with van der Waals surface area (Å²) < 4.78 is 5.99. The molecule has 0 bridgehead atoms. The van der Waals surface area contributed by atoms with Crippen LogP contribution in [-0.4, -0.2) is 29.2 Å². The molecule has 1 atom stereocenters. The summed E-state index contributed by atoms with van der Waals surface area (Å²) in [5, 5.41) is 10.6. The fraction of sp³-hybridized carbons (Fsp3) is 0.400. The second-order valence-corrected chi connectivity index (χ2v) is 6.43. The van der Waals surface area contributed by atoms with Crippen LogP contribution in [0.3, 0.4) is 0 Å². The molecule has 0 spiro atoms. The zero-order valence-corrected chi connectivity index (χ0v) is 13.7. The van der Waals surface area contributed by atoms with E-state index >= 15 is 0 Å². The Balaban J connectivity index is 1.51. The standard InChI is InChI=1S/C20H25NO2/c1-20(22,18-10-6-3-7-11-18)23-19-12-14-21(15-13-19)16-17-8-4-2-5-9-17/h2-11,19,22H,12-16H2,1H3. The van der Waals surface area contributed by atoms with Crippen LogP contribution in [-0.2, 0) is 17.1 Å². The minimum Gasteiger partial charge on any atom is -0.362 e. The van der Waals surface area contributed by atoms with Gasteiger partial charge in [-0.1, -0.05) is 60.7 Å². The molecule has 1 unspecified atom stereocenters. The molecule has 1 saturated heterocycles. The second kappa shape index (κ2) is 7.26. The van der Waals surface area contributed by atoms with Gasteiger partial charge < -0.3 is 9.84 Å². The molecule has 1 fully saturated rings. The van der Waals surface area contributed by atoms with Crippen LogP contribution in [0.25, 0.3) is 0 Å². The lowest BCUT2D eigenvalue weighted by Gasteiger charge is -2.36. The van der Waals surface area contributed by atoms with Crippen molar-refractivity contribution in [2.45, 2.75) is 38.2 Å². The zero-order valence-electron chi connectivity index (χ0n) is 13.7. The van der Waals surface area contributed by atoms with E-state index in [1.807, 2.05) is 30.3 Å². The molecule has 2 aromatic carbocycles. The molecule has 122 valence electrons. The average Bonchev–Trinajstić information content (AvgIpc) is 2.58. The summed E-state index contributed by atoms with van der Waals surface area (Å²) in [5.41, 5.74) is 2.16. The number of hydrogen-bond acceptors (Lipinski definition) is 3. The Bertz CT molecular complexity index is 590. The largest absolute Gasteiger partial charge is 0.362 e. The lowest BCUT2D eigenvalue weighted by atomic mass is 10.0. The number of ether oxygens (including phenoxy) is 1. The Morgan fingerprint density at radius 1 is 1.00 bits per heavy atom. The van der Waals surface area contributed by atoms with Crippen LogP contribution in [0.4, 0.5) is 0 Å². The van der Waals surface area contributed by atoms with Crippen molar-refractivity contribution in [1.82, 2.24) is 4.90 Å². The monoisotopic (exact) mass is 311 g/mol. The van der Waals surface area contributed by atoms with Crippen molar-refractivity contribution in [1.29, 1.82) is 0 Å². The number of likely N-dealkylation sites (tertiary alicyclic amines) is 1. The topological polar surface area (TPSA) is 32.7 Å². The summed E-state index contributed by atoms with van der Waals surface area (Å²) in [6.45, 7) is 4.73. The first-order valence-electron chi connectivity index (χ1n) is 8.35. The molecule has 2 aromatic rings. The van der Waals surface area contributed by atoms with Gasteiger partial charge in [-0.15, -0.1) is 0 Å². The predicted molar refractivity (Wildman–Crippen MR) is 91.8 cm³/mol. The molecule has 1 aliphatic heterocycles. The van der Waals surface area contributed by atoms with Gasteiger partial charge in [0.1, 0.15) is 0 Å². The van der Waals surface area contributed by atoms with Crippen LogP contribution >= 0.6 is 0 Å². The molecule has 3 heteroatoms. The third-order valence-corrected chi connectivity index (χ3v) is 4.49. The van der Waals surface area contributed by atoms with E-state index in [0.29, 0.717) is 0 Å². The van der Waals surface area contributed by atoms with Gasteiger partial charge in [0, 0.05) is 25.2 Å². The predicted octanol–water partition coefficient (Wildman–Crippen LogP) is 3.53. The first-order valence-corrected chi connectivity index (χ1v) is 8.35. The average molecular weight is 311 g/mol. The molecule has 0 saturated carbocycles. The SMILES string of the molecule is CC(O)(OC1CCN(Cc2ccccc2)CC1)c1ccccc1. The summed E-state index contributed by atoms with van der Waals surface area (Å²) in [6, 6.07) is 20.2. The van der Waals surface area contributed by atoms with Gasteiger partial charge in [-0.25, -0.2) is 0 Å². The summed E-state index contributed by atoms with van der Waals surface area (Å²) in [4.78, 5) is 2.45. The van der Waals surface area contributed by atoms with Gasteiger partial charge in [0.15, 0.2) is 5.79 Å². The molecule has 0 aliphatic carbocycles. The van der Waals surface area contributed by atoms with Crippen molar-refractivity contribution in [2.75, 3.05) is 13.1 Å². The van der Waals surface area contributed by atoms with E-state index < -0.39 is 5.79 Å². The van der Waals surface area contributed by atoms with Crippen LogP contribution < -0.4 is 0 Å². The van der Waals surface area contributed by atoms with Gasteiger partial charge in [0.2, 0.25) is 0 Å². The maximum absolute atomic E-state index is 10.6. The molecule has 1 aliphatic rings. The first kappa shape index (κ1) is 16.2. The Labute approximate surface area is 138 Å². The third kappa shape index (κ3) is 4.41. The molecule has 23 heavy (non-hydrogen) atoms. The van der Waals surface area contributed by atoms with Gasteiger partial charge in [-0.05, 0) is 25.3 Å². The van der Waals surface area contributed by atoms with Crippen LogP contribution in [0.15, 0.2) is 60.7 Å². The van der Waals surface area contributed by atoms with Gasteiger partial charge in [-0.3, -0.25) is 4.90 Å². The van der Waals surface area contributed by atoms with Crippen molar-refractivity contribution in [3.8, 4) is 0 Å². The number of hydrogen-bond donors (Lipinski definition) is 1. The molecule has 0 radical (unpaired) electrons. The number of rotatable bonds is 5.